The van der Waals surface area contributed by atoms with Gasteiger partial charge in [0.15, 0.2) is 0 Å². The summed E-state index contributed by atoms with van der Waals surface area (Å²) in [6.07, 6.45) is 10.6. The van der Waals surface area contributed by atoms with Gasteiger partial charge >= 0.3 is 0 Å². The number of fused-ring (bicyclic) bond motifs is 2. The Bertz CT molecular complexity index is 1650. The lowest BCUT2D eigenvalue weighted by Crippen LogP contribution is -2.62. The van der Waals surface area contributed by atoms with Gasteiger partial charge in [0.05, 0.1) is 27.9 Å². The van der Waals surface area contributed by atoms with E-state index < -0.39 is 5.60 Å². The Kier molecular flexibility index (Phi) is 6.38. The van der Waals surface area contributed by atoms with Gasteiger partial charge in [0, 0.05) is 18.5 Å². The van der Waals surface area contributed by atoms with E-state index in [0.29, 0.717) is 52.3 Å². The first kappa shape index (κ1) is 29.5. The zero-order valence-corrected chi connectivity index (χ0v) is 26.9. The number of benzene rings is 2. The molecule has 8 aliphatic carbocycles. The third-order valence-electron chi connectivity index (χ3n) is 13.4. The molecule has 2 aliphatic heterocycles. The predicted molar refractivity (Wildman–Crippen MR) is 171 cm³/mol. The van der Waals surface area contributed by atoms with Crippen molar-refractivity contribution in [3.63, 3.8) is 0 Å². The smallest absolute Gasteiger partial charge is 0.261 e. The third kappa shape index (κ3) is 4.39. The van der Waals surface area contributed by atoms with Gasteiger partial charge in [-0.1, -0.05) is 24.3 Å². The number of hydrogen-bond acceptors (Lipinski definition) is 6. The lowest BCUT2D eigenvalue weighted by molar-refractivity contribution is -0.149. The van der Waals surface area contributed by atoms with Crippen LogP contribution in [0.4, 0.5) is 0 Å². The van der Waals surface area contributed by atoms with Crippen molar-refractivity contribution in [3.05, 3.63) is 70.8 Å². The summed E-state index contributed by atoms with van der Waals surface area (Å²) >= 11 is 0. The third-order valence-corrected chi connectivity index (χ3v) is 13.4. The van der Waals surface area contributed by atoms with E-state index in [1.165, 1.54) is 4.90 Å². The SMILES string of the molecule is CC(=O)CC12CC3CC(C1)C(N1C(=O)c4ccccc4C1=O)C(C3)C2.O=C1c2ccccc2C(=O)N1C1C2CC3CC1CC(O)(C3)C2. The molecule has 10 aliphatic rings. The average molecular weight is 635 g/mol. The van der Waals surface area contributed by atoms with Crippen molar-refractivity contribution in [2.24, 2.45) is 40.9 Å². The van der Waals surface area contributed by atoms with Crippen molar-refractivity contribution < 1.29 is 29.1 Å². The summed E-state index contributed by atoms with van der Waals surface area (Å²) in [6, 6.07) is 14.3. The van der Waals surface area contributed by atoms with E-state index in [4.69, 9.17) is 0 Å². The molecule has 2 aromatic rings. The van der Waals surface area contributed by atoms with E-state index in [1.807, 2.05) is 24.3 Å². The second-order valence-corrected chi connectivity index (χ2v) is 16.6. The lowest BCUT2D eigenvalue weighted by Gasteiger charge is -2.61. The largest absolute Gasteiger partial charge is 0.390 e. The summed E-state index contributed by atoms with van der Waals surface area (Å²) in [7, 11) is 0. The van der Waals surface area contributed by atoms with Gasteiger partial charge < -0.3 is 9.90 Å². The maximum absolute atomic E-state index is 12.9. The molecule has 8 nitrogen and oxygen atoms in total. The molecule has 0 spiro atoms. The number of Topliss-reactive ketones (excluding diaryl/α,β-unsaturated/α-hetero) is 1. The van der Waals surface area contributed by atoms with Crippen LogP contribution in [0.25, 0.3) is 0 Å². The molecule has 0 radical (unpaired) electrons. The van der Waals surface area contributed by atoms with Gasteiger partial charge in [0.25, 0.3) is 23.6 Å². The maximum Gasteiger partial charge on any atom is 0.261 e. The first-order valence-corrected chi connectivity index (χ1v) is 17.7. The number of nitrogens with zero attached hydrogens (tertiary/aromatic N) is 2. The fourth-order valence-corrected chi connectivity index (χ4v) is 12.7. The van der Waals surface area contributed by atoms with Crippen LogP contribution >= 0.6 is 0 Å². The lowest BCUT2D eigenvalue weighted by atomic mass is 9.46. The molecule has 8 heteroatoms. The molecule has 12 rings (SSSR count). The number of hydrogen-bond donors (Lipinski definition) is 1. The zero-order valence-electron chi connectivity index (χ0n) is 26.9. The molecule has 8 bridgehead atoms. The minimum Gasteiger partial charge on any atom is -0.390 e. The number of amides is 4. The molecule has 2 aromatic carbocycles. The second-order valence-electron chi connectivity index (χ2n) is 16.6. The molecule has 8 fully saturated rings. The molecule has 4 unspecified atom stereocenters. The molecule has 8 saturated carbocycles. The number of carbonyl (C=O) groups is 5. The van der Waals surface area contributed by atoms with E-state index >= 15 is 0 Å². The summed E-state index contributed by atoms with van der Waals surface area (Å²) in [5.74, 6) is 2.32. The molecule has 0 saturated heterocycles. The predicted octanol–water partition coefficient (Wildman–Crippen LogP) is 5.68. The summed E-state index contributed by atoms with van der Waals surface area (Å²) in [5.41, 5.74) is 1.79. The quantitative estimate of drug-likeness (QED) is 0.434. The topological polar surface area (TPSA) is 112 Å². The maximum atomic E-state index is 12.9. The van der Waals surface area contributed by atoms with Crippen LogP contribution < -0.4 is 0 Å². The highest BCUT2D eigenvalue weighted by atomic mass is 16.3. The Morgan fingerprint density at radius 3 is 1.34 bits per heavy atom. The molecule has 4 atom stereocenters. The van der Waals surface area contributed by atoms with Crippen molar-refractivity contribution in [1.82, 2.24) is 9.80 Å². The van der Waals surface area contributed by atoms with Crippen molar-refractivity contribution in [2.75, 3.05) is 0 Å². The Balaban J connectivity index is 0.000000130. The van der Waals surface area contributed by atoms with Crippen LogP contribution in [0.3, 0.4) is 0 Å². The van der Waals surface area contributed by atoms with Gasteiger partial charge in [-0.15, -0.1) is 0 Å². The molecular weight excluding hydrogens is 592 g/mol. The molecule has 1 N–H and O–H groups in total. The van der Waals surface area contributed by atoms with Crippen LogP contribution in [0.2, 0.25) is 0 Å². The summed E-state index contributed by atoms with van der Waals surface area (Å²) < 4.78 is 0. The fraction of sp³-hybridized carbons (Fsp3) is 0.564. The van der Waals surface area contributed by atoms with Crippen LogP contribution in [-0.4, -0.2) is 62.0 Å². The minimum absolute atomic E-state index is 0.00998. The van der Waals surface area contributed by atoms with E-state index in [2.05, 4.69) is 0 Å². The van der Waals surface area contributed by atoms with Gasteiger partial charge in [-0.25, -0.2) is 0 Å². The van der Waals surface area contributed by atoms with Gasteiger partial charge in [0.2, 0.25) is 0 Å². The normalized spacial score (nSPS) is 40.1. The highest BCUT2D eigenvalue weighted by Crippen LogP contribution is 2.63. The highest BCUT2D eigenvalue weighted by molar-refractivity contribution is 6.22. The molecule has 4 amide bonds. The second kappa shape index (κ2) is 10.2. The summed E-state index contributed by atoms with van der Waals surface area (Å²) in [4.78, 5) is 66.3. The van der Waals surface area contributed by atoms with E-state index in [9.17, 15) is 29.1 Å². The first-order valence-electron chi connectivity index (χ1n) is 17.7. The number of imide groups is 2. The molecule has 2 heterocycles. The highest BCUT2D eigenvalue weighted by Gasteiger charge is 2.60. The van der Waals surface area contributed by atoms with Crippen LogP contribution in [0.1, 0.15) is 119 Å². The van der Waals surface area contributed by atoms with E-state index in [0.717, 1.165) is 64.2 Å². The van der Waals surface area contributed by atoms with Crippen molar-refractivity contribution in [2.45, 2.75) is 95.2 Å². The summed E-state index contributed by atoms with van der Waals surface area (Å²) in [5, 5.41) is 10.7. The molecule has 0 aromatic heterocycles. The van der Waals surface area contributed by atoms with Crippen LogP contribution in [0, 0.1) is 40.9 Å². The standard InChI is InChI=1S/C21H23NO3.C18H19NO3/c1-12(23)8-21-9-13-6-14(10-21)18(15(7-13)11-21)22-19(24)16-4-2-3-5-17(16)20(22)25;20-16-13-3-1-2-4-14(13)17(21)19(16)15-11-5-10-6-12(15)9-18(22,7-10)8-11/h2-5,13-15,18H,6-11H2,1H3;1-4,10-12,15,22H,5-9H2. The van der Waals surface area contributed by atoms with Crippen LogP contribution in [0.15, 0.2) is 48.5 Å². The number of ketones is 1. The first-order chi connectivity index (χ1) is 22.5. The van der Waals surface area contributed by atoms with Crippen LogP contribution in [0.5, 0.6) is 0 Å². The number of aliphatic hydroxyl groups is 1. The zero-order chi connectivity index (χ0) is 32.4. The van der Waals surface area contributed by atoms with Gasteiger partial charge in [-0.3, -0.25) is 29.0 Å². The Hall–Kier alpha value is -3.65. The van der Waals surface area contributed by atoms with Gasteiger partial charge in [-0.05, 0) is 136 Å². The Morgan fingerprint density at radius 1 is 0.617 bits per heavy atom. The molecule has 47 heavy (non-hydrogen) atoms. The van der Waals surface area contributed by atoms with E-state index in [1.54, 1.807) is 36.1 Å². The monoisotopic (exact) mass is 634 g/mol. The Labute approximate surface area is 274 Å². The van der Waals surface area contributed by atoms with Crippen LogP contribution in [-0.2, 0) is 4.79 Å². The van der Waals surface area contributed by atoms with Gasteiger partial charge in [-0.2, -0.15) is 0 Å². The van der Waals surface area contributed by atoms with Crippen molar-refractivity contribution >= 4 is 29.4 Å². The average Bonchev–Trinajstić information content (AvgIpc) is 3.40. The van der Waals surface area contributed by atoms with Gasteiger partial charge in [0.1, 0.15) is 5.78 Å². The minimum atomic E-state index is -0.536. The fourth-order valence-electron chi connectivity index (χ4n) is 12.7. The number of rotatable bonds is 4. The van der Waals surface area contributed by atoms with E-state index in [-0.39, 0.29) is 58.7 Å². The van der Waals surface area contributed by atoms with Crippen molar-refractivity contribution in [3.8, 4) is 0 Å². The Morgan fingerprint density at radius 2 is 0.979 bits per heavy atom. The molecular formula is C39H42N2O6. The van der Waals surface area contributed by atoms with Crippen molar-refractivity contribution in [1.29, 1.82) is 0 Å². The number of carbonyl (C=O) groups excluding carboxylic acids is 5. The molecule has 244 valence electrons. The summed E-state index contributed by atoms with van der Waals surface area (Å²) in [6.45, 7) is 1.69.